The number of phenols is 1. The number of amides is 1. The highest BCUT2D eigenvalue weighted by molar-refractivity contribution is 5.90. The Balaban J connectivity index is 2.05. The van der Waals surface area contributed by atoms with Crippen molar-refractivity contribution in [1.29, 1.82) is 0 Å². The number of hydrogen-bond donors (Lipinski definition) is 2. The molecule has 2 aromatic rings. The van der Waals surface area contributed by atoms with Crippen LogP contribution in [0.1, 0.15) is 11.4 Å². The van der Waals surface area contributed by atoms with Gasteiger partial charge in [-0.05, 0) is 32.0 Å². The Morgan fingerprint density at radius 1 is 1.42 bits per heavy atom. The van der Waals surface area contributed by atoms with Crippen LogP contribution in [0.5, 0.6) is 5.75 Å². The summed E-state index contributed by atoms with van der Waals surface area (Å²) in [6.45, 7) is 3.76. The predicted octanol–water partition coefficient (Wildman–Crippen LogP) is 1.98. The van der Waals surface area contributed by atoms with Gasteiger partial charge in [-0.3, -0.25) is 9.48 Å². The third kappa shape index (κ3) is 3.09. The van der Waals surface area contributed by atoms with Crippen molar-refractivity contribution >= 4 is 11.6 Å². The molecule has 1 amide bonds. The van der Waals surface area contributed by atoms with E-state index in [1.165, 1.54) is 12.1 Å². The van der Waals surface area contributed by atoms with Crippen LogP contribution in [0.4, 0.5) is 10.1 Å². The van der Waals surface area contributed by atoms with Crippen LogP contribution >= 0.6 is 0 Å². The molecule has 1 aromatic heterocycles. The second-order valence-corrected chi connectivity index (χ2v) is 4.30. The van der Waals surface area contributed by atoms with Crippen molar-refractivity contribution in [1.82, 2.24) is 9.78 Å². The highest BCUT2D eigenvalue weighted by atomic mass is 19.1. The zero-order chi connectivity index (χ0) is 14.0. The maximum atomic E-state index is 13.1. The molecular formula is C13H14FN3O2. The number of phenolic OH excluding ortho intramolecular Hbond substituents is 1. The molecule has 0 atom stereocenters. The van der Waals surface area contributed by atoms with Crippen LogP contribution in [-0.2, 0) is 11.3 Å². The number of halogens is 1. The van der Waals surface area contributed by atoms with Crippen LogP contribution in [0.15, 0.2) is 24.3 Å². The molecule has 0 spiro atoms. The van der Waals surface area contributed by atoms with Gasteiger partial charge in [-0.25, -0.2) is 4.39 Å². The van der Waals surface area contributed by atoms with Crippen LogP contribution in [0.25, 0.3) is 0 Å². The summed E-state index contributed by atoms with van der Waals surface area (Å²) in [6, 6.07) is 5.55. The molecule has 0 fully saturated rings. The normalized spacial score (nSPS) is 10.5. The first-order chi connectivity index (χ1) is 8.95. The number of rotatable bonds is 3. The lowest BCUT2D eigenvalue weighted by Gasteiger charge is -2.07. The Morgan fingerprint density at radius 2 is 2.16 bits per heavy atom. The second kappa shape index (κ2) is 5.09. The first kappa shape index (κ1) is 13.1. The summed E-state index contributed by atoms with van der Waals surface area (Å²) >= 11 is 0. The zero-order valence-electron chi connectivity index (χ0n) is 10.6. The molecule has 0 aliphatic carbocycles. The fourth-order valence-corrected chi connectivity index (χ4v) is 1.76. The minimum absolute atomic E-state index is 0.0577. The van der Waals surface area contributed by atoms with Crippen LogP contribution in [0.2, 0.25) is 0 Å². The van der Waals surface area contributed by atoms with Crippen molar-refractivity contribution in [3.05, 3.63) is 41.5 Å². The quantitative estimate of drug-likeness (QED) is 0.832. The van der Waals surface area contributed by atoms with Gasteiger partial charge in [0, 0.05) is 17.4 Å². The molecule has 6 heteroatoms. The maximum absolute atomic E-state index is 13.1. The molecule has 100 valence electrons. The largest absolute Gasteiger partial charge is 0.505 e. The fraction of sp³-hybridized carbons (Fsp3) is 0.231. The molecule has 0 unspecified atom stereocenters. The Morgan fingerprint density at radius 3 is 2.74 bits per heavy atom. The molecule has 0 bridgehead atoms. The Bertz CT molecular complexity index is 622. The first-order valence-electron chi connectivity index (χ1n) is 5.75. The second-order valence-electron chi connectivity index (χ2n) is 4.30. The minimum atomic E-state index is -0.774. The number of hydrogen-bond acceptors (Lipinski definition) is 3. The van der Waals surface area contributed by atoms with Crippen molar-refractivity contribution < 1.29 is 14.3 Å². The van der Waals surface area contributed by atoms with Crippen LogP contribution < -0.4 is 5.32 Å². The number of aromatic nitrogens is 2. The molecular weight excluding hydrogens is 249 g/mol. The summed E-state index contributed by atoms with van der Waals surface area (Å²) in [5, 5.41) is 15.8. The van der Waals surface area contributed by atoms with E-state index in [1.54, 1.807) is 4.68 Å². The lowest BCUT2D eigenvalue weighted by Crippen LogP contribution is -2.20. The number of nitrogens with zero attached hydrogens (tertiary/aromatic N) is 2. The molecule has 1 heterocycles. The average molecular weight is 263 g/mol. The van der Waals surface area contributed by atoms with Crippen LogP contribution in [0.3, 0.4) is 0 Å². The molecule has 5 nitrogen and oxygen atoms in total. The Labute approximate surface area is 109 Å². The molecule has 0 aliphatic heterocycles. The van der Waals surface area contributed by atoms with E-state index in [-0.39, 0.29) is 12.5 Å². The molecule has 19 heavy (non-hydrogen) atoms. The summed E-state index contributed by atoms with van der Waals surface area (Å²) < 4.78 is 14.7. The van der Waals surface area contributed by atoms with Crippen molar-refractivity contribution in [3.8, 4) is 5.75 Å². The molecule has 2 N–H and O–H groups in total. The van der Waals surface area contributed by atoms with E-state index in [4.69, 9.17) is 5.11 Å². The van der Waals surface area contributed by atoms with Crippen LogP contribution in [0, 0.1) is 19.7 Å². The van der Waals surface area contributed by atoms with Crippen molar-refractivity contribution in [2.24, 2.45) is 0 Å². The van der Waals surface area contributed by atoms with Gasteiger partial charge in [-0.1, -0.05) is 0 Å². The molecule has 0 radical (unpaired) electrons. The molecule has 0 aliphatic rings. The van der Waals surface area contributed by atoms with Gasteiger partial charge in [0.05, 0.1) is 5.69 Å². The predicted molar refractivity (Wildman–Crippen MR) is 68.4 cm³/mol. The van der Waals surface area contributed by atoms with Gasteiger partial charge in [-0.2, -0.15) is 5.10 Å². The van der Waals surface area contributed by atoms with Gasteiger partial charge in [0.2, 0.25) is 5.91 Å². The summed E-state index contributed by atoms with van der Waals surface area (Å²) in [4.78, 5) is 11.8. The number of anilines is 1. The van der Waals surface area contributed by atoms with E-state index in [1.807, 2.05) is 19.9 Å². The van der Waals surface area contributed by atoms with Gasteiger partial charge in [0.1, 0.15) is 6.54 Å². The Hall–Kier alpha value is -2.37. The van der Waals surface area contributed by atoms with E-state index in [0.29, 0.717) is 5.69 Å². The van der Waals surface area contributed by atoms with Gasteiger partial charge < -0.3 is 10.4 Å². The molecule has 2 rings (SSSR count). The van der Waals surface area contributed by atoms with Gasteiger partial charge in [-0.15, -0.1) is 0 Å². The monoisotopic (exact) mass is 263 g/mol. The van der Waals surface area contributed by atoms with E-state index in [0.717, 1.165) is 17.5 Å². The summed E-state index contributed by atoms with van der Waals surface area (Å²) in [5.74, 6) is -1.53. The Kier molecular flexibility index (Phi) is 3.50. The molecule has 0 saturated carbocycles. The number of carbonyl (C=O) groups excluding carboxylic acids is 1. The zero-order valence-corrected chi connectivity index (χ0v) is 10.6. The molecule has 1 aromatic carbocycles. The average Bonchev–Trinajstić information content (AvgIpc) is 2.62. The highest BCUT2D eigenvalue weighted by Crippen LogP contribution is 2.19. The van der Waals surface area contributed by atoms with Crippen LogP contribution in [-0.4, -0.2) is 20.8 Å². The lowest BCUT2D eigenvalue weighted by atomic mass is 10.3. The lowest BCUT2D eigenvalue weighted by molar-refractivity contribution is -0.116. The summed E-state index contributed by atoms with van der Waals surface area (Å²) in [7, 11) is 0. The standard InChI is InChI=1S/C13H14FN3O2/c1-8-5-9(2)17(16-8)7-13(19)15-10-3-4-12(18)11(14)6-10/h3-6,18H,7H2,1-2H3,(H,15,19). The van der Waals surface area contributed by atoms with Gasteiger partial charge >= 0.3 is 0 Å². The first-order valence-corrected chi connectivity index (χ1v) is 5.75. The third-order valence-electron chi connectivity index (χ3n) is 2.63. The van der Waals surface area contributed by atoms with Gasteiger partial charge in [0.15, 0.2) is 11.6 Å². The number of aromatic hydroxyl groups is 1. The van der Waals surface area contributed by atoms with Crippen molar-refractivity contribution in [2.45, 2.75) is 20.4 Å². The SMILES string of the molecule is Cc1cc(C)n(CC(=O)Nc2ccc(O)c(F)c2)n1. The fourth-order valence-electron chi connectivity index (χ4n) is 1.76. The number of benzene rings is 1. The maximum Gasteiger partial charge on any atom is 0.246 e. The summed E-state index contributed by atoms with van der Waals surface area (Å²) in [5.41, 5.74) is 2.01. The number of nitrogens with one attached hydrogen (secondary N) is 1. The topological polar surface area (TPSA) is 67.2 Å². The highest BCUT2D eigenvalue weighted by Gasteiger charge is 2.09. The minimum Gasteiger partial charge on any atom is -0.505 e. The number of aryl methyl sites for hydroxylation is 2. The summed E-state index contributed by atoms with van der Waals surface area (Å²) in [6.07, 6.45) is 0. The van der Waals surface area contributed by atoms with Crippen molar-refractivity contribution in [2.75, 3.05) is 5.32 Å². The van der Waals surface area contributed by atoms with Gasteiger partial charge in [0.25, 0.3) is 0 Å². The van der Waals surface area contributed by atoms with Crippen molar-refractivity contribution in [3.63, 3.8) is 0 Å². The molecule has 0 saturated heterocycles. The van der Waals surface area contributed by atoms with E-state index < -0.39 is 11.6 Å². The van der Waals surface area contributed by atoms with E-state index in [2.05, 4.69) is 10.4 Å². The smallest absolute Gasteiger partial charge is 0.246 e. The van der Waals surface area contributed by atoms with E-state index in [9.17, 15) is 9.18 Å². The van der Waals surface area contributed by atoms with E-state index >= 15 is 0 Å². The third-order valence-corrected chi connectivity index (χ3v) is 2.63. The number of carbonyl (C=O) groups is 1.